The van der Waals surface area contributed by atoms with Crippen molar-refractivity contribution in [1.82, 2.24) is 5.32 Å². The van der Waals surface area contributed by atoms with Crippen molar-refractivity contribution in [1.29, 1.82) is 0 Å². The number of rotatable bonds is 4. The smallest absolute Gasteiger partial charge is 0.117 e. The predicted octanol–water partition coefficient (Wildman–Crippen LogP) is 1.94. The Morgan fingerprint density at radius 3 is 3.07 bits per heavy atom. The van der Waals surface area contributed by atoms with Gasteiger partial charge in [-0.05, 0) is 31.4 Å². The number of fused-ring (bicyclic) bond motifs is 2. The zero-order valence-electron chi connectivity index (χ0n) is 8.82. The molecule has 1 N–H and O–H groups in total. The third-order valence-corrected chi connectivity index (χ3v) is 3.52. The monoisotopic (exact) mass is 207 g/mol. The molecule has 3 unspecified atom stereocenters. The van der Waals surface area contributed by atoms with Crippen molar-refractivity contribution in [3.63, 3.8) is 0 Å². The van der Waals surface area contributed by atoms with E-state index >= 15 is 0 Å². The summed E-state index contributed by atoms with van der Waals surface area (Å²) in [6.45, 7) is 1.89. The van der Waals surface area contributed by atoms with E-state index in [0.29, 0.717) is 12.2 Å². The zero-order chi connectivity index (χ0) is 10.1. The Bertz CT molecular complexity index is 309. The topological polar surface area (TPSA) is 34.4 Å². The van der Waals surface area contributed by atoms with Crippen LogP contribution in [-0.2, 0) is 11.3 Å². The van der Waals surface area contributed by atoms with Gasteiger partial charge in [-0.15, -0.1) is 0 Å². The quantitative estimate of drug-likeness (QED) is 0.819. The zero-order valence-corrected chi connectivity index (χ0v) is 8.82. The maximum Gasteiger partial charge on any atom is 0.117 e. The van der Waals surface area contributed by atoms with E-state index in [0.717, 1.165) is 24.8 Å². The van der Waals surface area contributed by atoms with E-state index in [9.17, 15) is 0 Å². The van der Waals surface area contributed by atoms with Gasteiger partial charge >= 0.3 is 0 Å². The summed E-state index contributed by atoms with van der Waals surface area (Å²) in [6, 6.07) is 3.93. The lowest BCUT2D eigenvalue weighted by molar-refractivity contribution is 0.0923. The van der Waals surface area contributed by atoms with Gasteiger partial charge in [-0.3, -0.25) is 0 Å². The molecule has 2 aliphatic rings. The van der Waals surface area contributed by atoms with E-state index in [1.54, 1.807) is 6.26 Å². The Balaban J connectivity index is 1.43. The van der Waals surface area contributed by atoms with E-state index in [2.05, 4.69) is 5.32 Å². The molecule has 1 aromatic heterocycles. The molecule has 1 aromatic rings. The average Bonchev–Trinajstić information content (AvgIpc) is 2.93. The van der Waals surface area contributed by atoms with Gasteiger partial charge in [0.2, 0.25) is 0 Å². The van der Waals surface area contributed by atoms with Gasteiger partial charge in [-0.1, -0.05) is 0 Å². The normalized spacial score (nSPS) is 33.7. The molecule has 82 valence electrons. The Kier molecular flexibility index (Phi) is 2.51. The molecule has 15 heavy (non-hydrogen) atoms. The van der Waals surface area contributed by atoms with E-state index < -0.39 is 0 Å². The second-order valence-electron chi connectivity index (χ2n) is 4.58. The number of hydrogen-bond donors (Lipinski definition) is 1. The first kappa shape index (κ1) is 9.43. The highest BCUT2D eigenvalue weighted by molar-refractivity contribution is 4.98. The number of furan rings is 1. The predicted molar refractivity (Wildman–Crippen MR) is 56.4 cm³/mol. The highest BCUT2D eigenvalue weighted by atomic mass is 16.5. The van der Waals surface area contributed by atoms with E-state index in [1.807, 2.05) is 12.1 Å². The van der Waals surface area contributed by atoms with E-state index in [4.69, 9.17) is 9.15 Å². The van der Waals surface area contributed by atoms with Gasteiger partial charge in [0.25, 0.3) is 0 Å². The molecular formula is C12H17NO2. The van der Waals surface area contributed by atoms with E-state index in [1.165, 1.54) is 19.3 Å². The molecular weight excluding hydrogens is 190 g/mol. The average molecular weight is 207 g/mol. The molecule has 2 aliphatic heterocycles. The molecule has 3 atom stereocenters. The van der Waals surface area contributed by atoms with Crippen molar-refractivity contribution in [3.8, 4) is 0 Å². The van der Waals surface area contributed by atoms with Crippen molar-refractivity contribution in [2.24, 2.45) is 5.92 Å². The van der Waals surface area contributed by atoms with Crippen LogP contribution < -0.4 is 5.32 Å². The summed E-state index contributed by atoms with van der Waals surface area (Å²) < 4.78 is 11.1. The van der Waals surface area contributed by atoms with Crippen LogP contribution in [0.2, 0.25) is 0 Å². The van der Waals surface area contributed by atoms with Crippen LogP contribution in [0.3, 0.4) is 0 Å². The third kappa shape index (κ3) is 1.94. The Morgan fingerprint density at radius 2 is 2.40 bits per heavy atom. The van der Waals surface area contributed by atoms with Crippen molar-refractivity contribution >= 4 is 0 Å². The number of nitrogens with one attached hydrogen (secondary N) is 1. The maximum absolute atomic E-state index is 5.81. The minimum atomic E-state index is 0.527. The molecule has 2 fully saturated rings. The van der Waals surface area contributed by atoms with Crippen LogP contribution in [0.5, 0.6) is 0 Å². The molecule has 0 aromatic carbocycles. The Labute approximate surface area is 89.8 Å². The number of ether oxygens (including phenoxy) is 1. The van der Waals surface area contributed by atoms with Crippen molar-refractivity contribution in [3.05, 3.63) is 24.2 Å². The fraction of sp³-hybridized carbons (Fsp3) is 0.667. The van der Waals surface area contributed by atoms with Gasteiger partial charge < -0.3 is 14.5 Å². The summed E-state index contributed by atoms with van der Waals surface area (Å²) in [5, 5.41) is 3.44. The first-order chi connectivity index (χ1) is 7.42. The van der Waals surface area contributed by atoms with Crippen LogP contribution >= 0.6 is 0 Å². The maximum atomic E-state index is 5.81. The molecule has 3 rings (SSSR count). The summed E-state index contributed by atoms with van der Waals surface area (Å²) >= 11 is 0. The van der Waals surface area contributed by atoms with Crippen molar-refractivity contribution < 1.29 is 9.15 Å². The second kappa shape index (κ2) is 3.99. The lowest BCUT2D eigenvalue weighted by atomic mass is 9.89. The summed E-state index contributed by atoms with van der Waals surface area (Å²) in [6.07, 6.45) is 6.59. The lowest BCUT2D eigenvalue weighted by Crippen LogP contribution is -2.29. The molecule has 0 saturated carbocycles. The molecule has 0 radical (unpaired) electrons. The molecule has 2 saturated heterocycles. The van der Waals surface area contributed by atoms with Gasteiger partial charge in [-0.2, -0.15) is 0 Å². The van der Waals surface area contributed by atoms with Gasteiger partial charge in [0.05, 0.1) is 25.0 Å². The molecule has 0 aliphatic carbocycles. The molecule has 2 bridgehead atoms. The molecule has 3 heteroatoms. The first-order valence-electron chi connectivity index (χ1n) is 5.80. The summed E-state index contributed by atoms with van der Waals surface area (Å²) in [5.41, 5.74) is 0. The van der Waals surface area contributed by atoms with Crippen LogP contribution in [0.4, 0.5) is 0 Å². The Morgan fingerprint density at radius 1 is 1.40 bits per heavy atom. The first-order valence-corrected chi connectivity index (χ1v) is 5.80. The van der Waals surface area contributed by atoms with Crippen LogP contribution in [-0.4, -0.2) is 18.8 Å². The molecule has 3 heterocycles. The fourth-order valence-corrected chi connectivity index (χ4v) is 2.75. The van der Waals surface area contributed by atoms with Crippen LogP contribution in [0.25, 0.3) is 0 Å². The standard InChI is InChI=1S/C12H17NO2/c1-2-11(14-5-1)8-13-7-9-6-10-3-4-12(9)15-10/h1-2,5,9-10,12-13H,3-4,6-8H2. The molecule has 0 spiro atoms. The lowest BCUT2D eigenvalue weighted by Gasteiger charge is -2.18. The second-order valence-corrected chi connectivity index (χ2v) is 4.58. The van der Waals surface area contributed by atoms with Crippen LogP contribution in [0.1, 0.15) is 25.0 Å². The minimum Gasteiger partial charge on any atom is -0.468 e. The van der Waals surface area contributed by atoms with Crippen molar-refractivity contribution in [2.45, 2.75) is 38.0 Å². The van der Waals surface area contributed by atoms with Gasteiger partial charge in [0, 0.05) is 12.5 Å². The summed E-state index contributed by atoms with van der Waals surface area (Å²) in [7, 11) is 0. The van der Waals surface area contributed by atoms with E-state index in [-0.39, 0.29) is 0 Å². The minimum absolute atomic E-state index is 0.527. The largest absolute Gasteiger partial charge is 0.468 e. The Hall–Kier alpha value is -0.800. The van der Waals surface area contributed by atoms with Gasteiger partial charge in [0.15, 0.2) is 0 Å². The van der Waals surface area contributed by atoms with Crippen LogP contribution in [0, 0.1) is 5.92 Å². The highest BCUT2D eigenvalue weighted by Gasteiger charge is 2.40. The summed E-state index contributed by atoms with van der Waals surface area (Å²) in [5.74, 6) is 1.73. The number of hydrogen-bond acceptors (Lipinski definition) is 3. The van der Waals surface area contributed by atoms with Crippen LogP contribution in [0.15, 0.2) is 22.8 Å². The van der Waals surface area contributed by atoms with Gasteiger partial charge in [0.1, 0.15) is 5.76 Å². The van der Waals surface area contributed by atoms with Crippen molar-refractivity contribution in [2.75, 3.05) is 6.54 Å². The molecule has 3 nitrogen and oxygen atoms in total. The highest BCUT2D eigenvalue weighted by Crippen LogP contribution is 2.38. The fourth-order valence-electron chi connectivity index (χ4n) is 2.75. The third-order valence-electron chi connectivity index (χ3n) is 3.52. The molecule has 0 amide bonds. The SMILES string of the molecule is c1coc(CNCC2CC3CCC2O3)c1. The summed E-state index contributed by atoms with van der Waals surface area (Å²) in [4.78, 5) is 0. The van der Waals surface area contributed by atoms with Gasteiger partial charge in [-0.25, -0.2) is 0 Å².